The molecule has 5 heteroatoms. The molecule has 0 spiro atoms. The molecule has 1 N–H and O–H groups in total. The second-order valence-electron chi connectivity index (χ2n) is 5.26. The van der Waals surface area contributed by atoms with Crippen LogP contribution in [0, 0.1) is 0 Å². The van der Waals surface area contributed by atoms with Gasteiger partial charge in [-0.3, -0.25) is 4.79 Å². The topological polar surface area (TPSA) is 50.2 Å². The van der Waals surface area contributed by atoms with E-state index in [0.29, 0.717) is 6.04 Å². The lowest BCUT2D eigenvalue weighted by atomic mass is 10.0. The SMILES string of the molecule is CCN(C)C(=O)C(C)n1cncc1C1CCCCN1. The van der Waals surface area contributed by atoms with Crippen molar-refractivity contribution >= 4 is 5.91 Å². The molecule has 2 atom stereocenters. The van der Waals surface area contributed by atoms with Gasteiger partial charge in [-0.15, -0.1) is 0 Å². The maximum Gasteiger partial charge on any atom is 0.245 e. The van der Waals surface area contributed by atoms with Gasteiger partial charge in [0.15, 0.2) is 0 Å². The number of carbonyl (C=O) groups is 1. The third kappa shape index (κ3) is 2.97. The first kappa shape index (κ1) is 14.1. The van der Waals surface area contributed by atoms with E-state index in [1.165, 1.54) is 12.8 Å². The van der Waals surface area contributed by atoms with Crippen LogP contribution in [0.3, 0.4) is 0 Å². The normalized spacial score (nSPS) is 21.1. The van der Waals surface area contributed by atoms with Gasteiger partial charge in [-0.05, 0) is 33.2 Å². The van der Waals surface area contributed by atoms with Gasteiger partial charge in [-0.1, -0.05) is 6.42 Å². The number of piperidine rings is 1. The zero-order valence-corrected chi connectivity index (χ0v) is 12.1. The number of carbonyl (C=O) groups excluding carboxylic acids is 1. The molecule has 2 unspecified atom stereocenters. The molecular weight excluding hydrogens is 240 g/mol. The molecule has 19 heavy (non-hydrogen) atoms. The average Bonchev–Trinajstić information content (AvgIpc) is 2.95. The van der Waals surface area contributed by atoms with Gasteiger partial charge in [0.2, 0.25) is 5.91 Å². The summed E-state index contributed by atoms with van der Waals surface area (Å²) >= 11 is 0. The summed E-state index contributed by atoms with van der Waals surface area (Å²) in [6.45, 7) is 5.71. The molecule has 5 nitrogen and oxygen atoms in total. The smallest absolute Gasteiger partial charge is 0.245 e. The van der Waals surface area contributed by atoms with Gasteiger partial charge in [-0.25, -0.2) is 4.98 Å². The zero-order chi connectivity index (χ0) is 13.8. The molecule has 1 aromatic rings. The fraction of sp³-hybridized carbons (Fsp3) is 0.714. The van der Waals surface area contributed by atoms with Crippen LogP contribution in [0.5, 0.6) is 0 Å². The molecule has 1 aromatic heterocycles. The van der Waals surface area contributed by atoms with Crippen LogP contribution in [0.1, 0.15) is 50.9 Å². The average molecular weight is 264 g/mol. The number of amides is 1. The monoisotopic (exact) mass is 264 g/mol. The molecule has 0 aromatic carbocycles. The van der Waals surface area contributed by atoms with Crippen LogP contribution in [0.15, 0.2) is 12.5 Å². The van der Waals surface area contributed by atoms with Crippen molar-refractivity contribution in [3.63, 3.8) is 0 Å². The molecule has 106 valence electrons. The van der Waals surface area contributed by atoms with Gasteiger partial charge in [0, 0.05) is 25.8 Å². The highest BCUT2D eigenvalue weighted by atomic mass is 16.2. The molecule has 0 bridgehead atoms. The van der Waals surface area contributed by atoms with Crippen molar-refractivity contribution in [3.8, 4) is 0 Å². The Bertz CT molecular complexity index is 423. The van der Waals surface area contributed by atoms with E-state index in [1.54, 1.807) is 11.2 Å². The third-order valence-electron chi connectivity index (χ3n) is 3.99. The molecule has 1 amide bonds. The minimum absolute atomic E-state index is 0.137. The van der Waals surface area contributed by atoms with Gasteiger partial charge >= 0.3 is 0 Å². The van der Waals surface area contributed by atoms with Crippen molar-refractivity contribution in [3.05, 3.63) is 18.2 Å². The summed E-state index contributed by atoms with van der Waals surface area (Å²) in [6, 6.07) is 0.143. The van der Waals surface area contributed by atoms with E-state index in [0.717, 1.165) is 25.2 Å². The Morgan fingerprint density at radius 3 is 3.05 bits per heavy atom. The zero-order valence-electron chi connectivity index (χ0n) is 12.1. The predicted octanol–water partition coefficient (Wildman–Crippen LogP) is 1.74. The van der Waals surface area contributed by atoms with Gasteiger partial charge in [-0.2, -0.15) is 0 Å². The highest BCUT2D eigenvalue weighted by molar-refractivity contribution is 5.79. The Kier molecular flexibility index (Phi) is 4.58. The number of aromatic nitrogens is 2. The van der Waals surface area contributed by atoms with E-state index in [4.69, 9.17) is 0 Å². The molecule has 0 radical (unpaired) electrons. The van der Waals surface area contributed by atoms with E-state index in [9.17, 15) is 4.79 Å². The molecule has 2 rings (SSSR count). The first-order chi connectivity index (χ1) is 9.15. The van der Waals surface area contributed by atoms with Crippen LogP contribution in [-0.4, -0.2) is 40.5 Å². The Morgan fingerprint density at radius 1 is 1.63 bits per heavy atom. The Balaban J connectivity index is 2.16. The maximum absolute atomic E-state index is 12.3. The summed E-state index contributed by atoms with van der Waals surface area (Å²) in [7, 11) is 1.84. The summed E-state index contributed by atoms with van der Waals surface area (Å²) in [5, 5.41) is 3.51. The number of hydrogen-bond acceptors (Lipinski definition) is 3. The number of nitrogens with zero attached hydrogens (tertiary/aromatic N) is 3. The second-order valence-corrected chi connectivity index (χ2v) is 5.26. The third-order valence-corrected chi connectivity index (χ3v) is 3.99. The summed E-state index contributed by atoms with van der Waals surface area (Å²) < 4.78 is 2.01. The van der Waals surface area contributed by atoms with E-state index in [1.807, 2.05) is 31.7 Å². The first-order valence-corrected chi connectivity index (χ1v) is 7.15. The van der Waals surface area contributed by atoms with Crippen LogP contribution in [0.25, 0.3) is 0 Å². The molecule has 1 saturated heterocycles. The van der Waals surface area contributed by atoms with Crippen LogP contribution < -0.4 is 5.32 Å². The van der Waals surface area contributed by atoms with Crippen molar-refractivity contribution in [2.45, 2.75) is 45.2 Å². The number of nitrogens with one attached hydrogen (secondary N) is 1. The maximum atomic E-state index is 12.3. The summed E-state index contributed by atoms with van der Waals surface area (Å²) in [5.41, 5.74) is 1.13. The van der Waals surface area contributed by atoms with Crippen LogP contribution in [-0.2, 0) is 4.79 Å². The van der Waals surface area contributed by atoms with Crippen LogP contribution in [0.4, 0.5) is 0 Å². The molecule has 1 fully saturated rings. The molecule has 1 aliphatic heterocycles. The van der Waals surface area contributed by atoms with Crippen molar-refractivity contribution in [1.82, 2.24) is 19.8 Å². The second kappa shape index (κ2) is 6.19. The fourth-order valence-corrected chi connectivity index (χ4v) is 2.61. The van der Waals surface area contributed by atoms with Crippen molar-refractivity contribution in [2.24, 2.45) is 0 Å². The minimum Gasteiger partial charge on any atom is -0.344 e. The van der Waals surface area contributed by atoms with Gasteiger partial charge in [0.1, 0.15) is 6.04 Å². The Morgan fingerprint density at radius 2 is 2.42 bits per heavy atom. The number of hydrogen-bond donors (Lipinski definition) is 1. The highest BCUT2D eigenvalue weighted by Crippen LogP contribution is 2.25. The standard InChI is InChI=1S/C14H24N4O/c1-4-17(3)14(19)11(2)18-10-15-9-13(18)12-7-5-6-8-16-12/h9-12,16H,4-8H2,1-3H3. The quantitative estimate of drug-likeness (QED) is 0.901. The van der Waals surface area contributed by atoms with Crippen molar-refractivity contribution in [2.75, 3.05) is 20.1 Å². The molecule has 1 aliphatic rings. The van der Waals surface area contributed by atoms with Crippen molar-refractivity contribution in [1.29, 1.82) is 0 Å². The molecule has 0 saturated carbocycles. The summed E-state index contributed by atoms with van der Waals surface area (Å²) in [5.74, 6) is 0.137. The Hall–Kier alpha value is -1.36. The summed E-state index contributed by atoms with van der Waals surface area (Å²) in [4.78, 5) is 18.3. The number of imidazole rings is 1. The number of rotatable bonds is 4. The van der Waals surface area contributed by atoms with Gasteiger partial charge in [0.25, 0.3) is 0 Å². The van der Waals surface area contributed by atoms with E-state index < -0.39 is 0 Å². The van der Waals surface area contributed by atoms with Gasteiger partial charge < -0.3 is 14.8 Å². The Labute approximate surface area is 115 Å². The number of likely N-dealkylation sites (N-methyl/N-ethyl adjacent to an activating group) is 1. The van der Waals surface area contributed by atoms with Crippen LogP contribution >= 0.6 is 0 Å². The lowest BCUT2D eigenvalue weighted by Crippen LogP contribution is -2.35. The largest absolute Gasteiger partial charge is 0.344 e. The first-order valence-electron chi connectivity index (χ1n) is 7.15. The summed E-state index contributed by atoms with van der Waals surface area (Å²) in [6.07, 6.45) is 7.25. The highest BCUT2D eigenvalue weighted by Gasteiger charge is 2.24. The van der Waals surface area contributed by atoms with Crippen LogP contribution in [0.2, 0.25) is 0 Å². The van der Waals surface area contributed by atoms with Crippen molar-refractivity contribution < 1.29 is 4.79 Å². The molecular formula is C14H24N4O. The lowest BCUT2D eigenvalue weighted by molar-refractivity contribution is -0.132. The predicted molar refractivity (Wildman–Crippen MR) is 74.8 cm³/mol. The fourth-order valence-electron chi connectivity index (χ4n) is 2.61. The van der Waals surface area contributed by atoms with Gasteiger partial charge in [0.05, 0.1) is 12.0 Å². The van der Waals surface area contributed by atoms with E-state index >= 15 is 0 Å². The van der Waals surface area contributed by atoms with E-state index in [2.05, 4.69) is 10.3 Å². The molecule has 2 heterocycles. The van der Waals surface area contributed by atoms with E-state index in [-0.39, 0.29) is 11.9 Å². The minimum atomic E-state index is -0.189. The molecule has 0 aliphatic carbocycles. The lowest BCUT2D eigenvalue weighted by Gasteiger charge is -2.27.